The van der Waals surface area contributed by atoms with Crippen molar-refractivity contribution < 1.29 is 9.15 Å². The number of ether oxygens (including phenoxy) is 1. The smallest absolute Gasteiger partial charge is 0.252 e. The van der Waals surface area contributed by atoms with Crippen LogP contribution in [0.25, 0.3) is 22.7 Å². The maximum atomic E-state index is 5.76. The predicted octanol–water partition coefficient (Wildman–Crippen LogP) is 3.91. The summed E-state index contributed by atoms with van der Waals surface area (Å²) < 4.78 is 10.9. The molecule has 6 heteroatoms. The number of hydrogen-bond acceptors (Lipinski definition) is 6. The molecule has 0 saturated heterocycles. The van der Waals surface area contributed by atoms with Crippen molar-refractivity contribution in [2.24, 2.45) is 0 Å². The Morgan fingerprint density at radius 3 is 2.56 bits per heavy atom. The molecule has 2 aromatic heterocycles. The van der Waals surface area contributed by atoms with Crippen LogP contribution in [0, 0.1) is 0 Å². The molecule has 0 atom stereocenters. The second-order valence-electron chi connectivity index (χ2n) is 5.47. The van der Waals surface area contributed by atoms with Crippen molar-refractivity contribution >= 4 is 17.2 Å². The molecule has 6 nitrogen and oxygen atoms in total. The van der Waals surface area contributed by atoms with E-state index >= 15 is 0 Å². The molecule has 0 aliphatic rings. The first-order valence-corrected chi connectivity index (χ1v) is 7.87. The summed E-state index contributed by atoms with van der Waals surface area (Å²) in [5, 5.41) is 3.19. The number of hydrogen-bond donors (Lipinski definition) is 1. The first kappa shape index (κ1) is 15.1. The Morgan fingerprint density at radius 2 is 1.80 bits per heavy atom. The Hall–Kier alpha value is -3.41. The largest absolute Gasteiger partial charge is 0.497 e. The lowest BCUT2D eigenvalue weighted by atomic mass is 10.2. The van der Waals surface area contributed by atoms with Crippen molar-refractivity contribution in [3.05, 3.63) is 66.4 Å². The summed E-state index contributed by atoms with van der Waals surface area (Å²) >= 11 is 0. The van der Waals surface area contributed by atoms with Crippen LogP contribution < -0.4 is 10.1 Å². The van der Waals surface area contributed by atoms with Crippen molar-refractivity contribution in [1.82, 2.24) is 15.0 Å². The first-order valence-electron chi connectivity index (χ1n) is 7.87. The number of aromatic nitrogens is 3. The third-order valence-electron chi connectivity index (χ3n) is 3.78. The van der Waals surface area contributed by atoms with Gasteiger partial charge in [-0.25, -0.2) is 9.97 Å². The van der Waals surface area contributed by atoms with E-state index in [4.69, 9.17) is 9.15 Å². The topological polar surface area (TPSA) is 73.1 Å². The molecule has 0 radical (unpaired) electrons. The highest BCUT2D eigenvalue weighted by molar-refractivity contribution is 5.72. The molecule has 1 N–H and O–H groups in total. The van der Waals surface area contributed by atoms with Gasteiger partial charge in [0.05, 0.1) is 13.3 Å². The molecule has 0 spiro atoms. The molecular formula is C19H16N4O2. The van der Waals surface area contributed by atoms with Crippen LogP contribution in [-0.2, 0) is 6.54 Å². The molecule has 2 heterocycles. The second kappa shape index (κ2) is 6.60. The van der Waals surface area contributed by atoms with Gasteiger partial charge < -0.3 is 14.5 Å². The van der Waals surface area contributed by atoms with E-state index in [0.29, 0.717) is 29.6 Å². The van der Waals surface area contributed by atoms with Crippen molar-refractivity contribution in [3.63, 3.8) is 0 Å². The molecule has 4 aromatic rings. The Balaban J connectivity index is 1.52. The quantitative estimate of drug-likeness (QED) is 0.597. The van der Waals surface area contributed by atoms with Crippen LogP contribution in [0.15, 0.2) is 65.2 Å². The highest BCUT2D eigenvalue weighted by atomic mass is 16.5. The third kappa shape index (κ3) is 3.28. The van der Waals surface area contributed by atoms with Gasteiger partial charge in [0.1, 0.15) is 11.3 Å². The molecular weight excluding hydrogens is 316 g/mol. The summed E-state index contributed by atoms with van der Waals surface area (Å²) in [6, 6.07) is 17.6. The number of nitrogens with one attached hydrogen (secondary N) is 1. The molecule has 0 saturated carbocycles. The number of methoxy groups -OCH3 is 1. The van der Waals surface area contributed by atoms with Gasteiger partial charge in [-0.15, -0.1) is 0 Å². The van der Waals surface area contributed by atoms with Crippen molar-refractivity contribution in [3.8, 4) is 17.2 Å². The first-order chi connectivity index (χ1) is 12.3. The van der Waals surface area contributed by atoms with E-state index in [1.165, 1.54) is 0 Å². The fourth-order valence-electron chi connectivity index (χ4n) is 2.45. The van der Waals surface area contributed by atoms with Gasteiger partial charge in [0.2, 0.25) is 11.8 Å². The molecule has 4 rings (SSSR count). The van der Waals surface area contributed by atoms with Crippen LogP contribution in [0.2, 0.25) is 0 Å². The standard InChI is InChI=1S/C19H16N4O2/c1-24-15-9-7-13(8-10-15)11-20-19-21-12-16-18(23-19)25-17(22-16)14-5-3-2-4-6-14/h2-10,12H,11H2,1H3,(H,20,21,23). The van der Waals surface area contributed by atoms with Gasteiger partial charge in [-0.05, 0) is 29.8 Å². The molecule has 0 bridgehead atoms. The Morgan fingerprint density at radius 1 is 1.00 bits per heavy atom. The molecule has 25 heavy (non-hydrogen) atoms. The molecule has 0 fully saturated rings. The zero-order valence-corrected chi connectivity index (χ0v) is 13.6. The van der Waals surface area contributed by atoms with Crippen molar-refractivity contribution in [1.29, 1.82) is 0 Å². The number of fused-ring (bicyclic) bond motifs is 1. The van der Waals surface area contributed by atoms with Crippen LogP contribution in [-0.4, -0.2) is 22.1 Å². The van der Waals surface area contributed by atoms with Crippen molar-refractivity contribution in [2.75, 3.05) is 12.4 Å². The monoisotopic (exact) mass is 332 g/mol. The second-order valence-corrected chi connectivity index (χ2v) is 5.47. The van der Waals surface area contributed by atoms with Crippen LogP contribution in [0.5, 0.6) is 5.75 Å². The highest BCUT2D eigenvalue weighted by Crippen LogP contribution is 2.23. The van der Waals surface area contributed by atoms with E-state index in [1.54, 1.807) is 13.3 Å². The summed E-state index contributed by atoms with van der Waals surface area (Å²) in [5.74, 6) is 1.87. The summed E-state index contributed by atoms with van der Waals surface area (Å²) in [7, 11) is 1.65. The minimum atomic E-state index is 0.464. The van der Waals surface area contributed by atoms with E-state index in [2.05, 4.69) is 20.3 Å². The summed E-state index contributed by atoms with van der Waals surface area (Å²) in [5.41, 5.74) is 3.11. The maximum absolute atomic E-state index is 5.76. The number of rotatable bonds is 5. The lowest BCUT2D eigenvalue weighted by Gasteiger charge is -2.05. The summed E-state index contributed by atoms with van der Waals surface area (Å²) in [6.45, 7) is 0.606. The molecule has 0 amide bonds. The fourth-order valence-corrected chi connectivity index (χ4v) is 2.45. The van der Waals surface area contributed by atoms with Crippen molar-refractivity contribution in [2.45, 2.75) is 6.54 Å². The van der Waals surface area contributed by atoms with Gasteiger partial charge >= 0.3 is 0 Å². The van der Waals surface area contributed by atoms with Gasteiger partial charge in [0.15, 0.2) is 0 Å². The van der Waals surface area contributed by atoms with Gasteiger partial charge in [-0.3, -0.25) is 0 Å². The lowest BCUT2D eigenvalue weighted by Crippen LogP contribution is -2.03. The summed E-state index contributed by atoms with van der Waals surface area (Å²) in [4.78, 5) is 13.1. The van der Waals surface area contributed by atoms with Crippen LogP contribution >= 0.6 is 0 Å². The zero-order valence-electron chi connectivity index (χ0n) is 13.6. The van der Waals surface area contributed by atoms with E-state index in [0.717, 1.165) is 16.9 Å². The summed E-state index contributed by atoms with van der Waals surface area (Å²) in [6.07, 6.45) is 1.66. The third-order valence-corrected chi connectivity index (χ3v) is 3.78. The average molecular weight is 332 g/mol. The van der Waals surface area contributed by atoms with E-state index < -0.39 is 0 Å². The van der Waals surface area contributed by atoms with Crippen LogP contribution in [0.4, 0.5) is 5.95 Å². The molecule has 2 aromatic carbocycles. The van der Waals surface area contributed by atoms with Gasteiger partial charge in [0, 0.05) is 12.1 Å². The molecule has 0 aliphatic heterocycles. The zero-order chi connectivity index (χ0) is 17.1. The number of anilines is 1. The van der Waals surface area contributed by atoms with Gasteiger partial charge in [-0.2, -0.15) is 4.98 Å². The van der Waals surface area contributed by atoms with Crippen LogP contribution in [0.1, 0.15) is 5.56 Å². The Bertz CT molecular complexity index is 981. The highest BCUT2D eigenvalue weighted by Gasteiger charge is 2.10. The fraction of sp³-hybridized carbons (Fsp3) is 0.105. The molecule has 0 unspecified atom stereocenters. The number of oxazole rings is 1. The minimum absolute atomic E-state index is 0.464. The average Bonchev–Trinajstić information content (AvgIpc) is 3.11. The normalized spacial score (nSPS) is 10.8. The molecule has 0 aliphatic carbocycles. The minimum Gasteiger partial charge on any atom is -0.497 e. The van der Waals surface area contributed by atoms with E-state index in [1.807, 2.05) is 54.6 Å². The predicted molar refractivity (Wildman–Crippen MR) is 95.4 cm³/mol. The SMILES string of the molecule is COc1ccc(CNc2ncc3nc(-c4ccccc4)oc3n2)cc1. The Kier molecular flexibility index (Phi) is 4.00. The molecule has 124 valence electrons. The number of benzene rings is 2. The van der Waals surface area contributed by atoms with E-state index in [-0.39, 0.29) is 0 Å². The van der Waals surface area contributed by atoms with Crippen LogP contribution in [0.3, 0.4) is 0 Å². The van der Waals surface area contributed by atoms with Gasteiger partial charge in [-0.1, -0.05) is 30.3 Å². The number of nitrogens with zero attached hydrogens (tertiary/aromatic N) is 3. The van der Waals surface area contributed by atoms with E-state index in [9.17, 15) is 0 Å². The maximum Gasteiger partial charge on any atom is 0.252 e. The van der Waals surface area contributed by atoms with Gasteiger partial charge in [0.25, 0.3) is 5.71 Å². The Labute approximate surface area is 144 Å². The lowest BCUT2D eigenvalue weighted by molar-refractivity contribution is 0.414.